The summed E-state index contributed by atoms with van der Waals surface area (Å²) in [6.45, 7) is 8.95. The quantitative estimate of drug-likeness (QED) is 0.420. The maximum absolute atomic E-state index is 4.43. The number of benzene rings is 1. The number of rotatable bonds is 4. The van der Waals surface area contributed by atoms with Crippen molar-refractivity contribution in [3.8, 4) is 11.3 Å². The second-order valence-corrected chi connectivity index (χ2v) is 10.2. The first-order chi connectivity index (χ1) is 15.3. The van der Waals surface area contributed by atoms with E-state index in [1.807, 2.05) is 4.52 Å². The summed E-state index contributed by atoms with van der Waals surface area (Å²) in [5.41, 5.74) is 9.96. The van der Waals surface area contributed by atoms with Crippen molar-refractivity contribution in [3.05, 3.63) is 53.0 Å². The highest BCUT2D eigenvalue weighted by atomic mass is 15.3. The molecule has 168 valence electrons. The smallest absolute Gasteiger partial charge is 0.158 e. The second-order valence-electron chi connectivity index (χ2n) is 10.2. The number of aromatic nitrogens is 4. The van der Waals surface area contributed by atoms with Crippen LogP contribution in [0.1, 0.15) is 73.6 Å². The Hall–Kier alpha value is -2.66. The fraction of sp³-hybridized carbons (Fsp3) is 0.481. The Morgan fingerprint density at radius 1 is 1.06 bits per heavy atom. The SMILES string of the molecule is Cc1c(-c2[nH]c3ccc(C4CCC(N(C)C)CC4)cc3c2C(C)C)cn2ncnc2c1C. The lowest BCUT2D eigenvalue weighted by Crippen LogP contribution is -2.31. The Bertz CT molecular complexity index is 1270. The summed E-state index contributed by atoms with van der Waals surface area (Å²) in [5.74, 6) is 1.09. The molecule has 1 aliphatic carbocycles. The standard InChI is InChI=1S/C27H35N5/c1-16(2)25-22-13-20(19-7-10-21(11-8-19)31(5)6)9-12-24(22)30-26(25)23-14-32-27(28-15-29-32)18(4)17(23)3/h9,12-16,19,21,30H,7-8,10-11H2,1-6H3. The molecule has 1 saturated carbocycles. The average molecular weight is 430 g/mol. The van der Waals surface area contributed by atoms with Crippen molar-refractivity contribution in [3.63, 3.8) is 0 Å². The summed E-state index contributed by atoms with van der Waals surface area (Å²) in [6.07, 6.45) is 8.92. The summed E-state index contributed by atoms with van der Waals surface area (Å²) >= 11 is 0. The number of nitrogens with zero attached hydrogens (tertiary/aromatic N) is 4. The molecule has 3 heterocycles. The summed E-state index contributed by atoms with van der Waals surface area (Å²) in [7, 11) is 4.43. The maximum atomic E-state index is 4.43. The number of pyridine rings is 1. The summed E-state index contributed by atoms with van der Waals surface area (Å²) in [6, 6.07) is 7.86. The third-order valence-electron chi connectivity index (χ3n) is 7.73. The molecule has 1 fully saturated rings. The van der Waals surface area contributed by atoms with Crippen LogP contribution in [-0.4, -0.2) is 44.6 Å². The van der Waals surface area contributed by atoms with E-state index < -0.39 is 0 Å². The molecule has 5 nitrogen and oxygen atoms in total. The van der Waals surface area contributed by atoms with Crippen LogP contribution in [0.3, 0.4) is 0 Å². The molecular weight excluding hydrogens is 394 g/mol. The van der Waals surface area contributed by atoms with E-state index in [1.54, 1.807) is 6.33 Å². The zero-order valence-electron chi connectivity index (χ0n) is 20.2. The van der Waals surface area contributed by atoms with Crippen molar-refractivity contribution in [2.45, 2.75) is 71.3 Å². The minimum atomic E-state index is 0.421. The lowest BCUT2D eigenvalue weighted by atomic mass is 9.81. The van der Waals surface area contributed by atoms with Gasteiger partial charge in [0.25, 0.3) is 0 Å². The first-order valence-corrected chi connectivity index (χ1v) is 12.0. The van der Waals surface area contributed by atoms with Gasteiger partial charge in [-0.2, -0.15) is 5.10 Å². The molecule has 5 rings (SSSR count). The Morgan fingerprint density at radius 2 is 1.81 bits per heavy atom. The molecule has 32 heavy (non-hydrogen) atoms. The molecule has 1 aromatic carbocycles. The lowest BCUT2D eigenvalue weighted by molar-refractivity contribution is 0.216. The molecule has 3 aromatic heterocycles. The molecule has 0 spiro atoms. The highest BCUT2D eigenvalue weighted by Gasteiger charge is 2.25. The van der Waals surface area contributed by atoms with Gasteiger partial charge in [0.05, 0.1) is 5.69 Å². The number of aryl methyl sites for hydroxylation is 1. The van der Waals surface area contributed by atoms with E-state index in [4.69, 9.17) is 0 Å². The number of nitrogens with one attached hydrogen (secondary N) is 1. The lowest BCUT2D eigenvalue weighted by Gasteiger charge is -2.32. The number of hydrogen-bond acceptors (Lipinski definition) is 3. The molecule has 1 N–H and O–H groups in total. The van der Waals surface area contributed by atoms with Crippen molar-refractivity contribution < 1.29 is 0 Å². The summed E-state index contributed by atoms with van der Waals surface area (Å²) < 4.78 is 1.90. The van der Waals surface area contributed by atoms with Crippen molar-refractivity contribution in [1.29, 1.82) is 0 Å². The van der Waals surface area contributed by atoms with E-state index in [0.717, 1.165) is 11.7 Å². The van der Waals surface area contributed by atoms with Gasteiger partial charge in [0.15, 0.2) is 5.65 Å². The summed E-state index contributed by atoms with van der Waals surface area (Å²) in [4.78, 5) is 10.6. The van der Waals surface area contributed by atoms with Crippen LogP contribution >= 0.6 is 0 Å². The van der Waals surface area contributed by atoms with Gasteiger partial charge < -0.3 is 9.88 Å². The predicted molar refractivity (Wildman–Crippen MR) is 133 cm³/mol. The number of aromatic amines is 1. The van der Waals surface area contributed by atoms with E-state index in [0.29, 0.717) is 11.8 Å². The van der Waals surface area contributed by atoms with Crippen LogP contribution < -0.4 is 0 Å². The van der Waals surface area contributed by atoms with Gasteiger partial charge in [0, 0.05) is 28.7 Å². The van der Waals surface area contributed by atoms with E-state index >= 15 is 0 Å². The van der Waals surface area contributed by atoms with Crippen molar-refractivity contribution >= 4 is 16.6 Å². The van der Waals surface area contributed by atoms with Crippen LogP contribution in [0, 0.1) is 13.8 Å². The average Bonchev–Trinajstić information content (AvgIpc) is 3.40. The molecule has 4 aromatic rings. The van der Waals surface area contributed by atoms with Gasteiger partial charge in [0.1, 0.15) is 6.33 Å². The van der Waals surface area contributed by atoms with Gasteiger partial charge in [-0.25, -0.2) is 9.50 Å². The number of fused-ring (bicyclic) bond motifs is 2. The Labute approximate surface area is 190 Å². The number of H-pyrrole nitrogens is 1. The van der Waals surface area contributed by atoms with Crippen LogP contribution in [0.2, 0.25) is 0 Å². The van der Waals surface area contributed by atoms with Crippen LogP contribution in [0.5, 0.6) is 0 Å². The van der Waals surface area contributed by atoms with Crippen molar-refractivity contribution in [1.82, 2.24) is 24.5 Å². The Balaban J connectivity index is 1.60. The molecule has 5 heteroatoms. The van der Waals surface area contributed by atoms with E-state index in [1.165, 1.54) is 70.1 Å². The molecule has 0 bridgehead atoms. The fourth-order valence-corrected chi connectivity index (χ4v) is 5.68. The molecule has 0 aliphatic heterocycles. The monoisotopic (exact) mass is 429 g/mol. The minimum absolute atomic E-state index is 0.421. The van der Waals surface area contributed by atoms with Crippen LogP contribution in [0.4, 0.5) is 0 Å². The first kappa shape index (κ1) is 21.2. The molecule has 0 radical (unpaired) electrons. The van der Waals surface area contributed by atoms with Gasteiger partial charge in [0.2, 0.25) is 0 Å². The van der Waals surface area contributed by atoms with Gasteiger partial charge in [-0.05, 0) is 99.8 Å². The highest BCUT2D eigenvalue weighted by molar-refractivity contribution is 5.92. The normalized spacial score (nSPS) is 19.6. The Kier molecular flexibility index (Phi) is 5.32. The first-order valence-electron chi connectivity index (χ1n) is 12.0. The third-order valence-corrected chi connectivity index (χ3v) is 7.73. The van der Waals surface area contributed by atoms with Crippen LogP contribution in [-0.2, 0) is 0 Å². The second kappa shape index (κ2) is 8.04. The van der Waals surface area contributed by atoms with Crippen LogP contribution in [0.15, 0.2) is 30.7 Å². The zero-order valence-corrected chi connectivity index (χ0v) is 20.2. The Morgan fingerprint density at radius 3 is 2.50 bits per heavy atom. The molecule has 0 amide bonds. The molecule has 1 aliphatic rings. The van der Waals surface area contributed by atoms with Gasteiger partial charge in [-0.15, -0.1) is 0 Å². The number of hydrogen-bond donors (Lipinski definition) is 1. The van der Waals surface area contributed by atoms with Gasteiger partial charge in [-0.1, -0.05) is 19.9 Å². The third kappa shape index (κ3) is 3.43. The molecular formula is C27H35N5. The molecule has 0 unspecified atom stereocenters. The largest absolute Gasteiger partial charge is 0.354 e. The highest BCUT2D eigenvalue weighted by Crippen LogP contribution is 2.41. The predicted octanol–water partition coefficient (Wildman–Crippen LogP) is 6.21. The summed E-state index contributed by atoms with van der Waals surface area (Å²) in [5, 5.41) is 5.79. The molecule has 0 atom stereocenters. The van der Waals surface area contributed by atoms with Crippen LogP contribution in [0.25, 0.3) is 27.8 Å². The minimum Gasteiger partial charge on any atom is -0.354 e. The maximum Gasteiger partial charge on any atom is 0.158 e. The zero-order chi connectivity index (χ0) is 22.6. The van der Waals surface area contributed by atoms with Crippen molar-refractivity contribution in [2.24, 2.45) is 0 Å². The topological polar surface area (TPSA) is 49.2 Å². The molecule has 0 saturated heterocycles. The van der Waals surface area contributed by atoms with E-state index in [2.05, 4.69) is 86.2 Å². The van der Waals surface area contributed by atoms with Gasteiger partial charge >= 0.3 is 0 Å². The van der Waals surface area contributed by atoms with E-state index in [9.17, 15) is 0 Å². The van der Waals surface area contributed by atoms with Gasteiger partial charge in [-0.3, -0.25) is 0 Å². The fourth-order valence-electron chi connectivity index (χ4n) is 5.68. The van der Waals surface area contributed by atoms with Crippen molar-refractivity contribution in [2.75, 3.05) is 14.1 Å². The van der Waals surface area contributed by atoms with E-state index in [-0.39, 0.29) is 0 Å².